The number of nitrogens with one attached hydrogen (secondary N) is 1. The van der Waals surface area contributed by atoms with Crippen molar-refractivity contribution in [2.24, 2.45) is 0 Å². The highest BCUT2D eigenvalue weighted by Gasteiger charge is 2.28. The van der Waals surface area contributed by atoms with E-state index < -0.39 is 6.10 Å². The largest absolute Gasteiger partial charge is 0.480 e. The summed E-state index contributed by atoms with van der Waals surface area (Å²) >= 11 is 0. The fraction of sp³-hybridized carbons (Fsp3) is 0.176. The first-order valence-corrected chi connectivity index (χ1v) is 7.55. The van der Waals surface area contributed by atoms with Crippen molar-refractivity contribution in [3.05, 3.63) is 60.2 Å². The molecular weight excluding hydrogens is 308 g/mol. The maximum Gasteiger partial charge on any atom is 0.261 e. The van der Waals surface area contributed by atoms with Crippen LogP contribution in [0.5, 0.6) is 5.75 Å². The van der Waals surface area contributed by atoms with E-state index in [0.29, 0.717) is 18.1 Å². The summed E-state index contributed by atoms with van der Waals surface area (Å²) in [5, 5.41) is 6.65. The second-order valence-electron chi connectivity index (χ2n) is 5.39. The molecule has 1 aromatic carbocycles. The van der Waals surface area contributed by atoms with Gasteiger partial charge in [-0.2, -0.15) is 4.98 Å². The molecule has 0 radical (unpaired) electrons. The third-order valence-electron chi connectivity index (χ3n) is 3.74. The molecule has 7 heteroatoms. The third kappa shape index (κ3) is 2.83. The molecule has 0 spiro atoms. The molecule has 0 saturated carbocycles. The number of fused-ring (bicyclic) bond motifs is 1. The molecule has 1 aliphatic rings. The normalized spacial score (nSPS) is 15.6. The summed E-state index contributed by atoms with van der Waals surface area (Å²) in [5.74, 6) is 1.33. The molecule has 0 saturated heterocycles. The molecule has 4 rings (SSSR count). The molecule has 0 unspecified atom stereocenters. The maximum atomic E-state index is 12.2. The zero-order valence-corrected chi connectivity index (χ0v) is 12.7. The second-order valence-corrected chi connectivity index (χ2v) is 5.39. The number of aromatic nitrogens is 3. The number of benzene rings is 1. The Morgan fingerprint density at radius 1 is 1.25 bits per heavy atom. The molecule has 1 aliphatic heterocycles. The van der Waals surface area contributed by atoms with Gasteiger partial charge in [0.1, 0.15) is 5.75 Å². The fourth-order valence-corrected chi connectivity index (χ4v) is 2.54. The Morgan fingerprint density at radius 2 is 2.17 bits per heavy atom. The smallest absolute Gasteiger partial charge is 0.261 e. The monoisotopic (exact) mass is 322 g/mol. The van der Waals surface area contributed by atoms with Crippen molar-refractivity contribution < 1.29 is 14.1 Å². The summed E-state index contributed by atoms with van der Waals surface area (Å²) in [6.45, 7) is 0.155. The number of carbonyl (C=O) groups excluding carboxylic acids is 1. The fourth-order valence-electron chi connectivity index (χ4n) is 2.54. The molecule has 1 amide bonds. The minimum atomic E-state index is -0.525. The Hall–Kier alpha value is -3.22. The lowest BCUT2D eigenvalue weighted by Gasteiger charge is -2.09. The van der Waals surface area contributed by atoms with Crippen LogP contribution in [-0.4, -0.2) is 27.1 Å². The minimum Gasteiger partial charge on any atom is -0.480 e. The highest BCUT2D eigenvalue weighted by molar-refractivity contribution is 5.82. The Bertz CT molecular complexity index is 838. The topological polar surface area (TPSA) is 90.1 Å². The summed E-state index contributed by atoms with van der Waals surface area (Å²) in [6.07, 6.45) is 3.36. The second kappa shape index (κ2) is 6.11. The van der Waals surface area contributed by atoms with Gasteiger partial charge < -0.3 is 14.6 Å². The number of hydrogen-bond donors (Lipinski definition) is 1. The summed E-state index contributed by atoms with van der Waals surface area (Å²) in [7, 11) is 0. The van der Waals surface area contributed by atoms with Crippen molar-refractivity contribution in [1.29, 1.82) is 0 Å². The van der Waals surface area contributed by atoms with E-state index in [-0.39, 0.29) is 12.5 Å². The molecule has 1 N–H and O–H groups in total. The van der Waals surface area contributed by atoms with Crippen LogP contribution in [0.2, 0.25) is 0 Å². The van der Waals surface area contributed by atoms with E-state index >= 15 is 0 Å². The lowest BCUT2D eigenvalue weighted by molar-refractivity contribution is -0.127. The van der Waals surface area contributed by atoms with Crippen LogP contribution in [0.25, 0.3) is 11.4 Å². The summed E-state index contributed by atoms with van der Waals surface area (Å²) in [5.41, 5.74) is 1.79. The Balaban J connectivity index is 1.36. The van der Waals surface area contributed by atoms with Crippen molar-refractivity contribution in [2.75, 3.05) is 0 Å². The number of rotatable bonds is 4. The standard InChI is InChI=1S/C17H14N4O3/c22-17(14-8-11-4-1-2-6-13(11)23-14)19-10-15-20-16(21-24-15)12-5-3-7-18-9-12/h1-7,9,14H,8,10H2,(H,19,22)/t14-/m1/s1. The first-order chi connectivity index (χ1) is 11.8. The average Bonchev–Trinajstić information content (AvgIpc) is 3.27. The van der Waals surface area contributed by atoms with Crippen LogP contribution < -0.4 is 10.1 Å². The van der Waals surface area contributed by atoms with E-state index in [9.17, 15) is 4.79 Å². The van der Waals surface area contributed by atoms with Gasteiger partial charge in [-0.3, -0.25) is 9.78 Å². The molecule has 1 atom stereocenters. The lowest BCUT2D eigenvalue weighted by atomic mass is 10.1. The van der Waals surface area contributed by atoms with Crippen LogP contribution in [0.1, 0.15) is 11.5 Å². The average molecular weight is 322 g/mol. The summed E-state index contributed by atoms with van der Waals surface area (Å²) in [6, 6.07) is 11.3. The SMILES string of the molecule is O=C(NCc1nc(-c2cccnc2)no1)[C@H]1Cc2ccccc2O1. The van der Waals surface area contributed by atoms with Crippen LogP contribution in [0.3, 0.4) is 0 Å². The predicted octanol–water partition coefficient (Wildman–Crippen LogP) is 1.75. The molecule has 24 heavy (non-hydrogen) atoms. The van der Waals surface area contributed by atoms with E-state index in [1.165, 1.54) is 0 Å². The van der Waals surface area contributed by atoms with Gasteiger partial charge in [0.25, 0.3) is 5.91 Å². The molecule has 7 nitrogen and oxygen atoms in total. The number of pyridine rings is 1. The summed E-state index contributed by atoms with van der Waals surface area (Å²) < 4.78 is 10.8. The zero-order chi connectivity index (χ0) is 16.4. The van der Waals surface area contributed by atoms with Crippen molar-refractivity contribution in [2.45, 2.75) is 19.1 Å². The van der Waals surface area contributed by atoms with Gasteiger partial charge in [-0.05, 0) is 23.8 Å². The van der Waals surface area contributed by atoms with Gasteiger partial charge in [0.05, 0.1) is 6.54 Å². The Morgan fingerprint density at radius 3 is 3.00 bits per heavy atom. The van der Waals surface area contributed by atoms with E-state index in [4.69, 9.17) is 9.26 Å². The van der Waals surface area contributed by atoms with Crippen LogP contribution in [0.15, 0.2) is 53.3 Å². The minimum absolute atomic E-state index is 0.155. The van der Waals surface area contributed by atoms with Gasteiger partial charge in [-0.1, -0.05) is 23.4 Å². The molecule has 3 aromatic rings. The zero-order valence-electron chi connectivity index (χ0n) is 12.7. The van der Waals surface area contributed by atoms with Gasteiger partial charge in [0.2, 0.25) is 11.7 Å². The molecule has 3 heterocycles. The molecule has 0 aliphatic carbocycles. The molecule has 2 aromatic heterocycles. The first-order valence-electron chi connectivity index (χ1n) is 7.55. The van der Waals surface area contributed by atoms with E-state index in [1.807, 2.05) is 30.3 Å². The van der Waals surface area contributed by atoms with Crippen LogP contribution in [-0.2, 0) is 17.8 Å². The highest BCUT2D eigenvalue weighted by Crippen LogP contribution is 2.28. The molecule has 0 fully saturated rings. The number of carbonyl (C=O) groups is 1. The van der Waals surface area contributed by atoms with Gasteiger partial charge in [0.15, 0.2) is 6.10 Å². The number of ether oxygens (including phenoxy) is 1. The van der Waals surface area contributed by atoms with Crippen LogP contribution in [0, 0.1) is 0 Å². The Kier molecular flexibility index (Phi) is 3.66. The van der Waals surface area contributed by atoms with E-state index in [2.05, 4.69) is 20.4 Å². The van der Waals surface area contributed by atoms with Gasteiger partial charge >= 0.3 is 0 Å². The third-order valence-corrected chi connectivity index (χ3v) is 3.74. The molecular formula is C17H14N4O3. The van der Waals surface area contributed by atoms with E-state index in [1.54, 1.807) is 18.5 Å². The van der Waals surface area contributed by atoms with Crippen LogP contribution in [0.4, 0.5) is 0 Å². The van der Waals surface area contributed by atoms with Crippen LogP contribution >= 0.6 is 0 Å². The Labute approximate surface area is 137 Å². The lowest BCUT2D eigenvalue weighted by Crippen LogP contribution is -2.37. The number of amides is 1. The maximum absolute atomic E-state index is 12.2. The summed E-state index contributed by atoms with van der Waals surface area (Å²) in [4.78, 5) is 20.5. The first kappa shape index (κ1) is 14.4. The molecule has 120 valence electrons. The number of para-hydroxylation sites is 1. The van der Waals surface area contributed by atoms with Crippen molar-refractivity contribution in [3.8, 4) is 17.1 Å². The van der Waals surface area contributed by atoms with Crippen molar-refractivity contribution in [1.82, 2.24) is 20.4 Å². The quantitative estimate of drug-likeness (QED) is 0.787. The van der Waals surface area contributed by atoms with E-state index in [0.717, 1.165) is 16.9 Å². The number of nitrogens with zero attached hydrogens (tertiary/aromatic N) is 3. The van der Waals surface area contributed by atoms with Crippen molar-refractivity contribution >= 4 is 5.91 Å². The predicted molar refractivity (Wildman–Crippen MR) is 83.9 cm³/mol. The van der Waals surface area contributed by atoms with Gasteiger partial charge in [-0.15, -0.1) is 0 Å². The van der Waals surface area contributed by atoms with Gasteiger partial charge in [0, 0.05) is 24.4 Å². The van der Waals surface area contributed by atoms with Crippen molar-refractivity contribution in [3.63, 3.8) is 0 Å². The van der Waals surface area contributed by atoms with Gasteiger partial charge in [-0.25, -0.2) is 0 Å². The molecule has 0 bridgehead atoms. The highest BCUT2D eigenvalue weighted by atomic mass is 16.5. The number of hydrogen-bond acceptors (Lipinski definition) is 6.